The van der Waals surface area contributed by atoms with Gasteiger partial charge in [0.25, 0.3) is 0 Å². The number of rotatable bonds is 3. The third kappa shape index (κ3) is 5.88. The minimum atomic E-state index is -1.28. The Morgan fingerprint density at radius 1 is 1.06 bits per heavy atom. The van der Waals surface area contributed by atoms with Crippen molar-refractivity contribution in [1.29, 1.82) is 0 Å². The molecule has 3 amide bonds. The molecule has 13 heteroatoms. The number of nitrogens with one attached hydrogen (secondary N) is 3. The van der Waals surface area contributed by atoms with Gasteiger partial charge < -0.3 is 20.4 Å². The van der Waals surface area contributed by atoms with Crippen LogP contribution in [0.3, 0.4) is 0 Å². The number of alkyl halides is 2. The maximum absolute atomic E-state index is 16.8. The minimum absolute atomic E-state index is 0.0176. The molecule has 0 spiro atoms. The molecule has 13 unspecified atom stereocenters. The van der Waals surface area contributed by atoms with Crippen LogP contribution in [0.25, 0.3) is 0 Å². The number of amides is 3. The highest BCUT2D eigenvalue weighted by atomic mass is 19.1. The second-order valence-corrected chi connectivity index (χ2v) is 15.6. The Hall–Kier alpha value is -2.64. The van der Waals surface area contributed by atoms with Crippen LogP contribution < -0.4 is 16.0 Å². The van der Waals surface area contributed by atoms with Crippen molar-refractivity contribution in [2.24, 2.45) is 29.6 Å². The largest absolute Gasteiger partial charge is 0.334 e. The lowest BCUT2D eigenvalue weighted by Gasteiger charge is -2.60. The number of urea groups is 1. The zero-order chi connectivity index (χ0) is 33.1. The monoisotopic (exact) mass is 657 g/mol. The fourth-order valence-electron chi connectivity index (χ4n) is 10.2. The van der Waals surface area contributed by atoms with Crippen LogP contribution in [0.15, 0.2) is 18.9 Å². The summed E-state index contributed by atoms with van der Waals surface area (Å²) in [5, 5.41) is 19.8. The number of carbonyl (C=O) groups excluding carboxylic acids is 2. The van der Waals surface area contributed by atoms with E-state index in [9.17, 15) is 9.59 Å². The molecule has 1 aliphatic carbocycles. The van der Waals surface area contributed by atoms with Crippen LogP contribution in [-0.2, 0) is 17.8 Å². The number of hydrogen-bond acceptors (Lipinski definition) is 7. The van der Waals surface area contributed by atoms with Gasteiger partial charge in [-0.1, -0.05) is 32.1 Å². The summed E-state index contributed by atoms with van der Waals surface area (Å²) < 4.78 is 34.7. The van der Waals surface area contributed by atoms with Crippen molar-refractivity contribution >= 4 is 11.9 Å². The predicted molar refractivity (Wildman–Crippen MR) is 173 cm³/mol. The quantitative estimate of drug-likeness (QED) is 0.429. The van der Waals surface area contributed by atoms with Gasteiger partial charge in [0.15, 0.2) is 0 Å². The molecule has 13 atom stereocenters. The Morgan fingerprint density at radius 3 is 2.64 bits per heavy atom. The summed E-state index contributed by atoms with van der Waals surface area (Å²) in [7, 11) is 0. The maximum atomic E-state index is 16.8. The molecule has 6 aliphatic rings. The number of piperidine rings is 2. The smallest absolute Gasteiger partial charge is 0.320 e. The van der Waals surface area contributed by atoms with Crippen LogP contribution in [0.4, 0.5) is 13.6 Å². The number of piperazine rings is 1. The predicted octanol–water partition coefficient (Wildman–Crippen LogP) is 2.69. The van der Waals surface area contributed by atoms with Crippen molar-refractivity contribution < 1.29 is 18.4 Å². The van der Waals surface area contributed by atoms with Crippen LogP contribution in [0.5, 0.6) is 0 Å². The fraction of sp³-hybridized carbons (Fsp3) is 0.824. The minimum Gasteiger partial charge on any atom is -0.334 e. The fourth-order valence-corrected chi connectivity index (χ4v) is 10.2. The molecule has 11 nitrogen and oxygen atoms in total. The van der Waals surface area contributed by atoms with Gasteiger partial charge in [-0.25, -0.2) is 13.6 Å². The lowest BCUT2D eigenvalue weighted by atomic mass is 9.69. The number of fused-ring (bicyclic) bond motifs is 7. The highest BCUT2D eigenvalue weighted by Gasteiger charge is 2.57. The van der Waals surface area contributed by atoms with Gasteiger partial charge in [-0.3, -0.25) is 19.7 Å². The Kier molecular flexibility index (Phi) is 9.10. The first kappa shape index (κ1) is 32.9. The third-order valence-corrected chi connectivity index (χ3v) is 12.4. The molecule has 1 aromatic heterocycles. The van der Waals surface area contributed by atoms with Gasteiger partial charge in [0, 0.05) is 61.8 Å². The zero-order valence-corrected chi connectivity index (χ0v) is 28.3. The first-order valence-corrected chi connectivity index (χ1v) is 18.0. The molecular formula is C34H53F2N9O2. The average molecular weight is 658 g/mol. The maximum Gasteiger partial charge on any atom is 0.320 e. The van der Waals surface area contributed by atoms with E-state index < -0.39 is 36.6 Å². The second-order valence-electron chi connectivity index (χ2n) is 15.6. The van der Waals surface area contributed by atoms with Crippen LogP contribution in [0, 0.1) is 29.6 Å². The molecule has 1 saturated carbocycles. The van der Waals surface area contributed by atoms with E-state index in [0.717, 1.165) is 31.5 Å². The first-order valence-electron chi connectivity index (χ1n) is 18.0. The summed E-state index contributed by atoms with van der Waals surface area (Å²) in [5.74, 6) is -0.666. The molecule has 260 valence electrons. The molecule has 5 aliphatic heterocycles. The summed E-state index contributed by atoms with van der Waals surface area (Å²) >= 11 is 0. The van der Waals surface area contributed by atoms with Crippen molar-refractivity contribution in [1.82, 2.24) is 45.6 Å². The van der Waals surface area contributed by atoms with E-state index in [0.29, 0.717) is 32.5 Å². The summed E-state index contributed by atoms with van der Waals surface area (Å²) in [6.07, 6.45) is 3.76. The molecule has 1 aromatic rings. The van der Waals surface area contributed by atoms with Gasteiger partial charge in [0.2, 0.25) is 5.91 Å². The molecular weight excluding hydrogens is 604 g/mol. The Bertz CT molecular complexity index is 1330. The number of halogens is 2. The van der Waals surface area contributed by atoms with Crippen LogP contribution in [-0.4, -0.2) is 116 Å². The van der Waals surface area contributed by atoms with Crippen LogP contribution in [0.2, 0.25) is 0 Å². The highest BCUT2D eigenvalue weighted by molar-refractivity contribution is 5.87. The lowest BCUT2D eigenvalue weighted by Crippen LogP contribution is -2.80. The Balaban J connectivity index is 1.30. The van der Waals surface area contributed by atoms with E-state index in [-0.39, 0.29) is 66.2 Å². The van der Waals surface area contributed by atoms with E-state index in [4.69, 9.17) is 0 Å². The Morgan fingerprint density at radius 2 is 1.87 bits per heavy atom. The molecule has 0 radical (unpaired) electrons. The molecule has 6 heterocycles. The van der Waals surface area contributed by atoms with Crippen molar-refractivity contribution in [3.63, 3.8) is 0 Å². The van der Waals surface area contributed by atoms with E-state index >= 15 is 8.78 Å². The summed E-state index contributed by atoms with van der Waals surface area (Å²) in [5.41, 5.74) is 0.883. The molecule has 47 heavy (non-hydrogen) atoms. The van der Waals surface area contributed by atoms with E-state index in [1.54, 1.807) is 0 Å². The highest BCUT2D eigenvalue weighted by Crippen LogP contribution is 2.44. The molecule has 7 rings (SSSR count). The molecule has 4 bridgehead atoms. The van der Waals surface area contributed by atoms with Gasteiger partial charge in [-0.05, 0) is 76.3 Å². The topological polar surface area (TPSA) is 111 Å². The third-order valence-electron chi connectivity index (χ3n) is 12.4. The van der Waals surface area contributed by atoms with Gasteiger partial charge in [0.1, 0.15) is 12.3 Å². The molecule has 3 N–H and O–H groups in total. The SMILES string of the molecule is C=CC(=O)N1CC(C)N(C2NC(=O)N3C4NC(C(F)CC24)C2C(F)CCCC2Cn2cc(nn2)CC2CCNC(C(C)C)C23)CC1C. The standard InChI is InChI=1S/C34H53F2N9O2/c1-6-27(46)43-14-20(5)44(15-19(43)4)32-24-13-26(36)30-28-22(8-7-9-25(28)35)16-42-17-23(40-41-42)12-21-10-11-37-29(18(2)3)31(21)45(33(24)38-30)34(47)39-32/h6,17-22,24-26,28-33,37-38H,1,7-16H2,2-5H3,(H,39,47). The first-order chi connectivity index (χ1) is 22.5. The number of aromatic nitrogens is 3. The molecule has 4 saturated heterocycles. The lowest BCUT2D eigenvalue weighted by molar-refractivity contribution is -0.136. The Labute approximate surface area is 277 Å². The molecule has 5 fully saturated rings. The zero-order valence-electron chi connectivity index (χ0n) is 28.3. The summed E-state index contributed by atoms with van der Waals surface area (Å²) in [6.45, 7) is 14.5. The van der Waals surface area contributed by atoms with Crippen LogP contribution >= 0.6 is 0 Å². The van der Waals surface area contributed by atoms with E-state index in [1.165, 1.54) is 6.08 Å². The second kappa shape index (κ2) is 13.0. The van der Waals surface area contributed by atoms with E-state index in [1.807, 2.05) is 27.6 Å². The van der Waals surface area contributed by atoms with Gasteiger partial charge in [-0.15, -0.1) is 5.10 Å². The van der Waals surface area contributed by atoms with Crippen molar-refractivity contribution in [2.45, 2.75) is 128 Å². The van der Waals surface area contributed by atoms with Crippen molar-refractivity contribution in [2.75, 3.05) is 19.6 Å². The van der Waals surface area contributed by atoms with Crippen molar-refractivity contribution in [3.8, 4) is 0 Å². The average Bonchev–Trinajstić information content (AvgIpc) is 3.48. The normalized spacial score (nSPS) is 42.7. The van der Waals surface area contributed by atoms with Gasteiger partial charge >= 0.3 is 6.03 Å². The number of nitrogens with zero attached hydrogens (tertiary/aromatic N) is 6. The summed E-state index contributed by atoms with van der Waals surface area (Å²) in [6, 6.07) is -1.23. The molecule has 0 aromatic carbocycles. The summed E-state index contributed by atoms with van der Waals surface area (Å²) in [4.78, 5) is 33.4. The number of carbonyl (C=O) groups is 2. The van der Waals surface area contributed by atoms with Gasteiger partial charge in [-0.2, -0.15) is 0 Å². The van der Waals surface area contributed by atoms with E-state index in [2.05, 4.69) is 58.5 Å². The van der Waals surface area contributed by atoms with Crippen LogP contribution in [0.1, 0.15) is 65.5 Å². The number of hydrogen-bond donors (Lipinski definition) is 3. The van der Waals surface area contributed by atoms with Gasteiger partial charge in [0.05, 0.1) is 24.1 Å². The van der Waals surface area contributed by atoms with Crippen molar-refractivity contribution in [3.05, 3.63) is 24.5 Å².